The molecule has 124 valence electrons. The fraction of sp³-hybridized carbons (Fsp3) is 0.389. The van der Waals surface area contributed by atoms with Crippen LogP contribution in [0.2, 0.25) is 0 Å². The van der Waals surface area contributed by atoms with E-state index >= 15 is 0 Å². The van der Waals surface area contributed by atoms with Crippen LogP contribution >= 0.6 is 0 Å². The minimum absolute atomic E-state index is 0. The summed E-state index contributed by atoms with van der Waals surface area (Å²) >= 11 is 0. The molecule has 1 aromatic heterocycles. The molecule has 2 fully saturated rings. The van der Waals surface area contributed by atoms with Crippen LogP contribution in [0.25, 0.3) is 0 Å². The number of carbonyl (C=O) groups is 2. The maximum atomic E-state index is 12.5. The SMILES string of the molecule is O=C(NC1CC(c2ccon2)C1)[C@H]1C[C@]1(C(=O)[O-])c1ccccc1.[Na+]. The van der Waals surface area contributed by atoms with Crippen molar-refractivity contribution in [2.45, 2.75) is 36.6 Å². The molecule has 4 rings (SSSR count). The van der Waals surface area contributed by atoms with Crippen molar-refractivity contribution < 1.29 is 48.8 Å². The van der Waals surface area contributed by atoms with Crippen molar-refractivity contribution in [3.05, 3.63) is 53.9 Å². The molecule has 2 aliphatic carbocycles. The molecule has 7 heteroatoms. The molecule has 2 aliphatic rings. The summed E-state index contributed by atoms with van der Waals surface area (Å²) in [6.45, 7) is 0. The summed E-state index contributed by atoms with van der Waals surface area (Å²) in [6, 6.07) is 10.8. The normalized spacial score (nSPS) is 29.8. The molecule has 1 aromatic carbocycles. The Morgan fingerprint density at radius 3 is 2.52 bits per heavy atom. The van der Waals surface area contributed by atoms with Gasteiger partial charge in [-0.05, 0) is 24.8 Å². The van der Waals surface area contributed by atoms with Gasteiger partial charge >= 0.3 is 29.6 Å². The number of nitrogens with zero attached hydrogens (tertiary/aromatic N) is 1. The van der Waals surface area contributed by atoms with Gasteiger partial charge in [0.15, 0.2) is 0 Å². The predicted octanol–water partition coefficient (Wildman–Crippen LogP) is -2.25. The second-order valence-electron chi connectivity index (χ2n) is 6.68. The first kappa shape index (κ1) is 18.2. The molecule has 0 bridgehead atoms. The fourth-order valence-corrected chi connectivity index (χ4v) is 3.69. The van der Waals surface area contributed by atoms with Gasteiger partial charge in [-0.2, -0.15) is 0 Å². The van der Waals surface area contributed by atoms with E-state index in [0.29, 0.717) is 17.9 Å². The maximum Gasteiger partial charge on any atom is 1.00 e. The third kappa shape index (κ3) is 3.14. The molecule has 1 amide bonds. The molecular formula is C18H17N2NaO4. The van der Waals surface area contributed by atoms with Crippen LogP contribution in [0.4, 0.5) is 0 Å². The van der Waals surface area contributed by atoms with Crippen LogP contribution in [-0.4, -0.2) is 23.1 Å². The van der Waals surface area contributed by atoms with Crippen molar-refractivity contribution >= 4 is 11.9 Å². The van der Waals surface area contributed by atoms with Gasteiger partial charge in [-0.3, -0.25) is 4.79 Å². The van der Waals surface area contributed by atoms with Crippen LogP contribution in [-0.2, 0) is 15.0 Å². The van der Waals surface area contributed by atoms with Crippen molar-refractivity contribution in [1.29, 1.82) is 0 Å². The van der Waals surface area contributed by atoms with E-state index in [0.717, 1.165) is 18.5 Å². The number of aromatic nitrogens is 1. The summed E-state index contributed by atoms with van der Waals surface area (Å²) < 4.78 is 4.83. The number of carbonyl (C=O) groups excluding carboxylic acids is 2. The van der Waals surface area contributed by atoms with Crippen molar-refractivity contribution in [3.8, 4) is 0 Å². The van der Waals surface area contributed by atoms with Gasteiger partial charge in [0.05, 0.1) is 17.6 Å². The average Bonchev–Trinajstić information content (AvgIpc) is 3.11. The van der Waals surface area contributed by atoms with Gasteiger partial charge in [-0.1, -0.05) is 35.5 Å². The van der Waals surface area contributed by atoms with E-state index in [1.54, 1.807) is 30.5 Å². The van der Waals surface area contributed by atoms with E-state index in [1.807, 2.05) is 12.1 Å². The summed E-state index contributed by atoms with van der Waals surface area (Å²) in [5, 5.41) is 18.5. The molecule has 0 aliphatic heterocycles. The third-order valence-electron chi connectivity index (χ3n) is 5.29. The standard InChI is InChI=1S/C18H18N2O4.Na/c21-16(19-13-8-11(9-13)15-6-7-24-20-15)14-10-18(14,17(22)23)12-4-2-1-3-5-12;/h1-7,11,13-14H,8-10H2,(H,19,21)(H,22,23);/q;+1/p-1/t11?,13?,14-,18+;/m1./s1. The smallest absolute Gasteiger partial charge is 0.549 e. The Bertz CT molecular complexity index is 759. The van der Waals surface area contributed by atoms with Gasteiger partial charge in [0, 0.05) is 23.4 Å². The number of hydrogen-bond donors (Lipinski definition) is 1. The van der Waals surface area contributed by atoms with Gasteiger partial charge in [0.2, 0.25) is 5.91 Å². The number of hydrogen-bond acceptors (Lipinski definition) is 5. The van der Waals surface area contributed by atoms with Gasteiger partial charge in [0.1, 0.15) is 6.26 Å². The number of carboxylic acid groups (broad SMARTS) is 1. The molecule has 25 heavy (non-hydrogen) atoms. The van der Waals surface area contributed by atoms with Gasteiger partial charge < -0.3 is 19.7 Å². The molecule has 0 radical (unpaired) electrons. The van der Waals surface area contributed by atoms with Crippen molar-refractivity contribution in [3.63, 3.8) is 0 Å². The Morgan fingerprint density at radius 2 is 1.92 bits per heavy atom. The molecule has 1 heterocycles. The second-order valence-corrected chi connectivity index (χ2v) is 6.68. The maximum absolute atomic E-state index is 12.5. The van der Waals surface area contributed by atoms with Crippen LogP contribution in [0.15, 0.2) is 47.2 Å². The minimum Gasteiger partial charge on any atom is -0.549 e. The summed E-state index contributed by atoms with van der Waals surface area (Å²) in [6.07, 6.45) is 3.44. The molecule has 0 saturated heterocycles. The van der Waals surface area contributed by atoms with E-state index in [1.165, 1.54) is 0 Å². The number of benzene rings is 1. The van der Waals surface area contributed by atoms with E-state index in [-0.39, 0.29) is 41.5 Å². The first-order valence-corrected chi connectivity index (χ1v) is 8.09. The zero-order valence-corrected chi connectivity index (χ0v) is 16.0. The zero-order valence-electron chi connectivity index (χ0n) is 14.0. The summed E-state index contributed by atoms with van der Waals surface area (Å²) in [4.78, 5) is 24.1. The van der Waals surface area contributed by atoms with E-state index < -0.39 is 17.3 Å². The van der Waals surface area contributed by atoms with Gasteiger partial charge in [0.25, 0.3) is 0 Å². The second kappa shape index (κ2) is 6.94. The summed E-state index contributed by atoms with van der Waals surface area (Å²) in [5.74, 6) is -1.64. The van der Waals surface area contributed by atoms with Crippen molar-refractivity contribution in [2.24, 2.45) is 5.92 Å². The zero-order chi connectivity index (χ0) is 16.7. The molecular weight excluding hydrogens is 331 g/mol. The molecule has 0 unspecified atom stereocenters. The van der Waals surface area contributed by atoms with Crippen molar-refractivity contribution in [1.82, 2.24) is 10.5 Å². The third-order valence-corrected chi connectivity index (χ3v) is 5.29. The number of rotatable bonds is 5. The van der Waals surface area contributed by atoms with Crippen LogP contribution in [0.1, 0.15) is 36.4 Å². The van der Waals surface area contributed by atoms with Crippen LogP contribution in [0.3, 0.4) is 0 Å². The summed E-state index contributed by atoms with van der Waals surface area (Å²) in [7, 11) is 0. The van der Waals surface area contributed by atoms with Crippen molar-refractivity contribution in [2.75, 3.05) is 0 Å². The van der Waals surface area contributed by atoms with E-state index in [4.69, 9.17) is 4.52 Å². The molecule has 1 N–H and O–H groups in total. The average molecular weight is 348 g/mol. The number of aliphatic carboxylic acids is 1. The molecule has 2 atom stereocenters. The molecule has 2 aromatic rings. The Labute approximate surface area is 167 Å². The Hall–Kier alpha value is -1.63. The quantitative estimate of drug-likeness (QED) is 0.616. The first-order chi connectivity index (χ1) is 11.6. The monoisotopic (exact) mass is 348 g/mol. The fourth-order valence-electron chi connectivity index (χ4n) is 3.69. The van der Waals surface area contributed by atoms with Gasteiger partial charge in [-0.15, -0.1) is 0 Å². The largest absolute Gasteiger partial charge is 1.00 e. The van der Waals surface area contributed by atoms with Gasteiger partial charge in [-0.25, -0.2) is 0 Å². The van der Waals surface area contributed by atoms with E-state index in [2.05, 4.69) is 10.5 Å². The van der Waals surface area contributed by atoms with Crippen LogP contribution in [0.5, 0.6) is 0 Å². The topological polar surface area (TPSA) is 95.3 Å². The number of carboxylic acids is 1. The Balaban J connectivity index is 0.00000182. The first-order valence-electron chi connectivity index (χ1n) is 8.09. The Kier molecular flexibility index (Phi) is 5.04. The summed E-state index contributed by atoms with van der Waals surface area (Å²) in [5.41, 5.74) is 0.361. The molecule has 0 spiro atoms. The molecule has 6 nitrogen and oxygen atoms in total. The minimum atomic E-state index is -1.18. The van der Waals surface area contributed by atoms with E-state index in [9.17, 15) is 14.7 Å². The van der Waals surface area contributed by atoms with Crippen LogP contribution in [0, 0.1) is 5.92 Å². The molecule has 2 saturated carbocycles. The van der Waals surface area contributed by atoms with Crippen LogP contribution < -0.4 is 40.0 Å². The predicted molar refractivity (Wildman–Crippen MR) is 81.6 cm³/mol. The Morgan fingerprint density at radius 1 is 1.20 bits per heavy atom. The number of amides is 1. The number of nitrogens with one attached hydrogen (secondary N) is 1.